The van der Waals surface area contributed by atoms with Gasteiger partial charge in [0.2, 0.25) is 0 Å². The summed E-state index contributed by atoms with van der Waals surface area (Å²) in [4.78, 5) is 15.4. The highest BCUT2D eigenvalue weighted by Crippen LogP contribution is 2.24. The molecule has 0 aliphatic carbocycles. The van der Waals surface area contributed by atoms with E-state index in [-0.39, 0.29) is 5.91 Å². The maximum atomic E-state index is 12.3. The van der Waals surface area contributed by atoms with Gasteiger partial charge in [-0.3, -0.25) is 4.79 Å². The molecule has 0 fully saturated rings. The molecule has 0 radical (unpaired) electrons. The number of aromatic nitrogens is 1. The van der Waals surface area contributed by atoms with E-state index in [1.807, 2.05) is 18.2 Å². The highest BCUT2D eigenvalue weighted by atomic mass is 35.5. The van der Waals surface area contributed by atoms with Crippen LogP contribution in [0.3, 0.4) is 0 Å². The van der Waals surface area contributed by atoms with E-state index in [1.165, 1.54) is 0 Å². The van der Waals surface area contributed by atoms with Crippen LogP contribution in [0.4, 0.5) is 11.4 Å². The van der Waals surface area contributed by atoms with Crippen molar-refractivity contribution >= 4 is 39.8 Å². The van der Waals surface area contributed by atoms with Crippen molar-refractivity contribution in [2.75, 3.05) is 18.2 Å². The molecule has 0 unspecified atom stereocenters. The van der Waals surface area contributed by atoms with Gasteiger partial charge in [0.15, 0.2) is 0 Å². The molecule has 0 bridgehead atoms. The van der Waals surface area contributed by atoms with Gasteiger partial charge < -0.3 is 20.8 Å². The first-order chi connectivity index (χ1) is 10.6. The molecule has 0 saturated carbocycles. The molecule has 0 spiro atoms. The molecule has 0 atom stereocenters. The summed E-state index contributed by atoms with van der Waals surface area (Å²) >= 11 is 5.94. The maximum absolute atomic E-state index is 12.3. The van der Waals surface area contributed by atoms with Crippen LogP contribution in [0.5, 0.6) is 5.75 Å². The smallest absolute Gasteiger partial charge is 0.272 e. The topological polar surface area (TPSA) is 80.1 Å². The molecule has 1 amide bonds. The minimum atomic E-state index is -0.254. The Bertz CT molecular complexity index is 858. The zero-order valence-electron chi connectivity index (χ0n) is 11.8. The van der Waals surface area contributed by atoms with Crippen molar-refractivity contribution in [1.82, 2.24) is 4.98 Å². The third-order valence-corrected chi connectivity index (χ3v) is 3.66. The van der Waals surface area contributed by atoms with Crippen molar-refractivity contribution in [1.29, 1.82) is 0 Å². The summed E-state index contributed by atoms with van der Waals surface area (Å²) in [5, 5.41) is 4.08. The number of anilines is 2. The van der Waals surface area contributed by atoms with Crippen LogP contribution in [0.1, 0.15) is 10.5 Å². The fourth-order valence-corrected chi connectivity index (χ4v) is 2.34. The highest BCUT2D eigenvalue weighted by molar-refractivity contribution is 6.33. The average molecular weight is 316 g/mol. The molecule has 1 aromatic heterocycles. The van der Waals surface area contributed by atoms with Crippen molar-refractivity contribution in [3.05, 3.63) is 53.2 Å². The second-order valence-electron chi connectivity index (χ2n) is 4.83. The third kappa shape index (κ3) is 2.71. The van der Waals surface area contributed by atoms with E-state index in [9.17, 15) is 4.79 Å². The molecule has 3 aromatic rings. The number of H-pyrrole nitrogens is 1. The van der Waals surface area contributed by atoms with Crippen LogP contribution in [-0.2, 0) is 0 Å². The Hall–Kier alpha value is -2.66. The van der Waals surface area contributed by atoms with Crippen LogP contribution < -0.4 is 15.8 Å². The van der Waals surface area contributed by atoms with Gasteiger partial charge in [-0.15, -0.1) is 0 Å². The number of halogens is 1. The number of nitrogens with two attached hydrogens (primary N) is 1. The van der Waals surface area contributed by atoms with Gasteiger partial charge in [0, 0.05) is 16.6 Å². The zero-order valence-corrected chi connectivity index (χ0v) is 12.6. The van der Waals surface area contributed by atoms with Crippen LogP contribution in [0.15, 0.2) is 42.5 Å². The van der Waals surface area contributed by atoms with E-state index >= 15 is 0 Å². The van der Waals surface area contributed by atoms with Crippen LogP contribution >= 0.6 is 11.6 Å². The van der Waals surface area contributed by atoms with Crippen molar-refractivity contribution in [3.63, 3.8) is 0 Å². The number of carbonyl (C=O) groups excluding carboxylic acids is 1. The molecule has 2 aromatic carbocycles. The normalized spacial score (nSPS) is 10.6. The summed E-state index contributed by atoms with van der Waals surface area (Å²) in [6.45, 7) is 0. The molecular formula is C16H14ClN3O2. The molecule has 5 nitrogen and oxygen atoms in total. The first-order valence-corrected chi connectivity index (χ1v) is 6.98. The molecular weight excluding hydrogens is 302 g/mol. The first-order valence-electron chi connectivity index (χ1n) is 6.60. The van der Waals surface area contributed by atoms with Crippen molar-refractivity contribution < 1.29 is 9.53 Å². The van der Waals surface area contributed by atoms with Crippen LogP contribution in [-0.4, -0.2) is 18.0 Å². The molecule has 0 aliphatic rings. The largest absolute Gasteiger partial charge is 0.497 e. The van der Waals surface area contributed by atoms with E-state index in [2.05, 4.69) is 10.3 Å². The van der Waals surface area contributed by atoms with E-state index < -0.39 is 0 Å². The van der Waals surface area contributed by atoms with Gasteiger partial charge in [-0.05, 0) is 42.5 Å². The molecule has 3 rings (SSSR count). The Kier molecular flexibility index (Phi) is 3.65. The Balaban J connectivity index is 1.86. The number of fused-ring (bicyclic) bond motifs is 1. The monoisotopic (exact) mass is 315 g/mol. The van der Waals surface area contributed by atoms with Gasteiger partial charge >= 0.3 is 0 Å². The Morgan fingerprint density at radius 1 is 1.23 bits per heavy atom. The van der Waals surface area contributed by atoms with E-state index in [0.717, 1.165) is 16.7 Å². The standard InChI is InChI=1S/C16H14ClN3O2/c1-22-11-3-5-14-9(6-11)7-15(20-14)16(21)19-10-2-4-13(18)12(17)8-10/h2-8,20H,18H2,1H3,(H,19,21). The van der Waals surface area contributed by atoms with Gasteiger partial charge in [0.25, 0.3) is 5.91 Å². The number of methoxy groups -OCH3 is 1. The van der Waals surface area contributed by atoms with E-state index in [4.69, 9.17) is 22.1 Å². The lowest BCUT2D eigenvalue weighted by molar-refractivity contribution is 0.102. The average Bonchev–Trinajstić information content (AvgIpc) is 2.94. The number of benzene rings is 2. The van der Waals surface area contributed by atoms with Crippen LogP contribution in [0, 0.1) is 0 Å². The number of aromatic amines is 1. The Labute approximate surface area is 132 Å². The minimum absolute atomic E-state index is 0.254. The lowest BCUT2D eigenvalue weighted by atomic mass is 10.2. The van der Waals surface area contributed by atoms with Gasteiger partial charge in [0.05, 0.1) is 17.8 Å². The fourth-order valence-electron chi connectivity index (χ4n) is 2.16. The summed E-state index contributed by atoms with van der Waals surface area (Å²) < 4.78 is 5.17. The number of rotatable bonds is 3. The molecule has 0 saturated heterocycles. The molecule has 6 heteroatoms. The van der Waals surface area contributed by atoms with Gasteiger partial charge in [-0.25, -0.2) is 0 Å². The zero-order chi connectivity index (χ0) is 15.7. The second-order valence-corrected chi connectivity index (χ2v) is 5.23. The van der Waals surface area contributed by atoms with Crippen molar-refractivity contribution in [3.8, 4) is 5.75 Å². The highest BCUT2D eigenvalue weighted by Gasteiger charge is 2.11. The van der Waals surface area contributed by atoms with Crippen LogP contribution in [0.25, 0.3) is 10.9 Å². The number of ether oxygens (including phenoxy) is 1. The summed E-state index contributed by atoms with van der Waals surface area (Å²) in [5.41, 5.74) is 8.02. The number of nitrogen functional groups attached to an aromatic ring is 1. The van der Waals surface area contributed by atoms with Gasteiger partial charge in [-0.1, -0.05) is 11.6 Å². The second kappa shape index (κ2) is 5.61. The number of hydrogen-bond acceptors (Lipinski definition) is 3. The van der Waals surface area contributed by atoms with Crippen LogP contribution in [0.2, 0.25) is 5.02 Å². The maximum Gasteiger partial charge on any atom is 0.272 e. The summed E-state index contributed by atoms with van der Waals surface area (Å²) in [6.07, 6.45) is 0. The van der Waals surface area contributed by atoms with Gasteiger partial charge in [-0.2, -0.15) is 0 Å². The predicted octanol–water partition coefficient (Wildman–Crippen LogP) is 3.66. The third-order valence-electron chi connectivity index (χ3n) is 3.33. The first kappa shape index (κ1) is 14.3. The SMILES string of the molecule is COc1ccc2[nH]c(C(=O)Nc3ccc(N)c(Cl)c3)cc2c1. The molecule has 1 heterocycles. The number of carbonyl (C=O) groups is 1. The summed E-state index contributed by atoms with van der Waals surface area (Å²) in [7, 11) is 1.60. The Morgan fingerprint density at radius 3 is 2.77 bits per heavy atom. The fraction of sp³-hybridized carbons (Fsp3) is 0.0625. The van der Waals surface area contributed by atoms with Crippen molar-refractivity contribution in [2.45, 2.75) is 0 Å². The quantitative estimate of drug-likeness (QED) is 0.645. The Morgan fingerprint density at radius 2 is 2.05 bits per heavy atom. The molecule has 0 aliphatic heterocycles. The van der Waals surface area contributed by atoms with E-state index in [1.54, 1.807) is 31.4 Å². The van der Waals surface area contributed by atoms with E-state index in [0.29, 0.717) is 22.1 Å². The van der Waals surface area contributed by atoms with Gasteiger partial charge in [0.1, 0.15) is 11.4 Å². The molecule has 112 valence electrons. The van der Waals surface area contributed by atoms with Crippen molar-refractivity contribution in [2.24, 2.45) is 0 Å². The number of amides is 1. The number of hydrogen-bond donors (Lipinski definition) is 3. The minimum Gasteiger partial charge on any atom is -0.497 e. The lowest BCUT2D eigenvalue weighted by Gasteiger charge is -2.05. The summed E-state index contributed by atoms with van der Waals surface area (Å²) in [5.74, 6) is 0.486. The lowest BCUT2D eigenvalue weighted by Crippen LogP contribution is -2.12. The summed E-state index contributed by atoms with van der Waals surface area (Å²) in [6, 6.07) is 12.3. The molecule has 4 N–H and O–H groups in total. The predicted molar refractivity (Wildman–Crippen MR) is 88.7 cm³/mol. The number of nitrogens with one attached hydrogen (secondary N) is 2. The molecule has 22 heavy (non-hydrogen) atoms.